The van der Waals surface area contributed by atoms with Crippen LogP contribution in [0.1, 0.15) is 10.4 Å². The number of nitrogen functional groups attached to an aromatic ring is 1. The highest BCUT2D eigenvalue weighted by Crippen LogP contribution is 2.07. The molecular formula is C8H9ClNO4S-. The summed E-state index contributed by atoms with van der Waals surface area (Å²) in [5.74, 6) is 0. The van der Waals surface area contributed by atoms with Crippen LogP contribution in [0.15, 0.2) is 24.3 Å². The molecule has 1 aromatic rings. The first-order chi connectivity index (χ1) is 6.70. The molecular weight excluding hydrogens is 242 g/mol. The first kappa shape index (κ1) is 13.9. The van der Waals surface area contributed by atoms with Crippen molar-refractivity contribution in [2.75, 3.05) is 12.0 Å². The van der Waals surface area contributed by atoms with Gasteiger partial charge in [0.25, 0.3) is 5.24 Å². The van der Waals surface area contributed by atoms with Crippen molar-refractivity contribution in [2.24, 2.45) is 0 Å². The highest BCUT2D eigenvalue weighted by atomic mass is 35.5. The van der Waals surface area contributed by atoms with E-state index >= 15 is 0 Å². The molecule has 1 aromatic carbocycles. The van der Waals surface area contributed by atoms with Gasteiger partial charge in [0.2, 0.25) is 0 Å². The van der Waals surface area contributed by atoms with E-state index in [4.69, 9.17) is 30.3 Å². The number of halogens is 1. The Morgan fingerprint density at radius 1 is 1.33 bits per heavy atom. The van der Waals surface area contributed by atoms with Gasteiger partial charge in [-0.1, -0.05) is 0 Å². The normalized spacial score (nSPS) is 10.1. The Bertz CT molecular complexity index is 418. The molecule has 2 N–H and O–H groups in total. The fraction of sp³-hybridized carbons (Fsp3) is 0.125. The van der Waals surface area contributed by atoms with Crippen LogP contribution >= 0.6 is 11.6 Å². The van der Waals surface area contributed by atoms with Gasteiger partial charge in [-0.05, 0) is 35.9 Å². The van der Waals surface area contributed by atoms with Crippen LogP contribution in [0.25, 0.3) is 0 Å². The van der Waals surface area contributed by atoms with Crippen molar-refractivity contribution in [1.29, 1.82) is 0 Å². The Labute approximate surface area is 92.6 Å². The number of rotatable bonds is 1. The molecule has 0 aromatic heterocycles. The summed E-state index contributed by atoms with van der Waals surface area (Å²) in [5, 5.41) is -0.458. The predicted molar refractivity (Wildman–Crippen MR) is 56.7 cm³/mol. The molecule has 0 aliphatic carbocycles. The Morgan fingerprint density at radius 2 is 1.67 bits per heavy atom. The predicted octanol–water partition coefficient (Wildman–Crippen LogP) is 0.809. The van der Waals surface area contributed by atoms with Gasteiger partial charge >= 0.3 is 0 Å². The Morgan fingerprint density at radius 3 is 1.93 bits per heavy atom. The average Bonchev–Trinajstić information content (AvgIpc) is 2.01. The Kier molecular flexibility index (Phi) is 5.27. The maximum atomic E-state index is 10.5. The lowest BCUT2D eigenvalue weighted by atomic mass is 10.2. The number of nitrogens with two attached hydrogens (primary N) is 1. The SMILES string of the molecule is CS(=O)(=O)[O-].Nc1ccc(C(=O)Cl)cc1. The number of hydrogen-bond donors (Lipinski definition) is 1. The Hall–Kier alpha value is -1.11. The van der Waals surface area contributed by atoms with Gasteiger partial charge in [-0.3, -0.25) is 4.79 Å². The van der Waals surface area contributed by atoms with Gasteiger partial charge in [-0.2, -0.15) is 0 Å². The van der Waals surface area contributed by atoms with Crippen LogP contribution in [0.4, 0.5) is 5.69 Å². The number of anilines is 1. The summed E-state index contributed by atoms with van der Waals surface area (Å²) in [5.41, 5.74) is 6.47. The van der Waals surface area contributed by atoms with E-state index in [0.29, 0.717) is 17.5 Å². The van der Waals surface area contributed by atoms with Gasteiger partial charge in [0.05, 0.1) is 10.1 Å². The molecule has 0 amide bonds. The van der Waals surface area contributed by atoms with Crippen LogP contribution in [0.2, 0.25) is 0 Å². The molecule has 0 unspecified atom stereocenters. The highest BCUT2D eigenvalue weighted by molar-refractivity contribution is 7.84. The molecule has 0 radical (unpaired) electrons. The quantitative estimate of drug-likeness (QED) is 0.452. The van der Waals surface area contributed by atoms with E-state index in [9.17, 15) is 4.79 Å². The molecule has 0 saturated heterocycles. The summed E-state index contributed by atoms with van der Waals surface area (Å²) in [6, 6.07) is 6.44. The highest BCUT2D eigenvalue weighted by Gasteiger charge is 1.98. The van der Waals surface area contributed by atoms with E-state index in [2.05, 4.69) is 0 Å². The molecule has 0 heterocycles. The number of benzene rings is 1. The lowest BCUT2D eigenvalue weighted by Gasteiger charge is -1.92. The molecule has 0 aliphatic heterocycles. The third-order valence-electron chi connectivity index (χ3n) is 1.14. The lowest BCUT2D eigenvalue weighted by Crippen LogP contribution is -1.89. The van der Waals surface area contributed by atoms with Crippen LogP contribution in [-0.4, -0.2) is 24.5 Å². The monoisotopic (exact) mass is 250 g/mol. The van der Waals surface area contributed by atoms with E-state index in [1.54, 1.807) is 24.3 Å². The first-order valence-corrected chi connectivity index (χ1v) is 5.86. The molecule has 7 heteroatoms. The second kappa shape index (κ2) is 5.69. The summed E-state index contributed by atoms with van der Waals surface area (Å²) >= 11 is 5.18. The second-order valence-electron chi connectivity index (χ2n) is 2.60. The molecule has 15 heavy (non-hydrogen) atoms. The van der Waals surface area contributed by atoms with E-state index < -0.39 is 15.4 Å². The number of carbonyl (C=O) groups is 1. The van der Waals surface area contributed by atoms with Crippen molar-refractivity contribution in [3.63, 3.8) is 0 Å². The van der Waals surface area contributed by atoms with Gasteiger partial charge < -0.3 is 10.3 Å². The van der Waals surface area contributed by atoms with Gasteiger partial charge in [0.1, 0.15) is 0 Å². The lowest BCUT2D eigenvalue weighted by molar-refractivity contribution is 0.108. The minimum atomic E-state index is -3.92. The zero-order chi connectivity index (χ0) is 12.1. The minimum Gasteiger partial charge on any atom is -0.748 e. The van der Waals surface area contributed by atoms with Crippen molar-refractivity contribution >= 4 is 32.6 Å². The van der Waals surface area contributed by atoms with Crippen molar-refractivity contribution in [3.05, 3.63) is 29.8 Å². The van der Waals surface area contributed by atoms with Gasteiger partial charge in [0, 0.05) is 17.5 Å². The van der Waals surface area contributed by atoms with Gasteiger partial charge in [-0.25, -0.2) is 8.42 Å². The molecule has 84 valence electrons. The van der Waals surface area contributed by atoms with E-state index in [-0.39, 0.29) is 0 Å². The number of hydrogen-bond acceptors (Lipinski definition) is 5. The molecule has 0 aliphatic rings. The zero-order valence-corrected chi connectivity index (χ0v) is 9.38. The third kappa shape index (κ3) is 9.20. The summed E-state index contributed by atoms with van der Waals surface area (Å²) in [4.78, 5) is 10.5. The maximum absolute atomic E-state index is 10.5. The molecule has 1 rings (SSSR count). The molecule has 0 saturated carbocycles. The fourth-order valence-corrected chi connectivity index (χ4v) is 0.740. The fourth-order valence-electron chi connectivity index (χ4n) is 0.614. The van der Waals surface area contributed by atoms with Crippen molar-refractivity contribution < 1.29 is 17.8 Å². The Balaban J connectivity index is 0.000000336. The van der Waals surface area contributed by atoms with Gasteiger partial charge in [0.15, 0.2) is 0 Å². The van der Waals surface area contributed by atoms with Crippen LogP contribution in [-0.2, 0) is 10.1 Å². The molecule has 0 bridgehead atoms. The molecule has 0 spiro atoms. The average molecular weight is 251 g/mol. The smallest absolute Gasteiger partial charge is 0.252 e. The maximum Gasteiger partial charge on any atom is 0.252 e. The molecule has 5 nitrogen and oxygen atoms in total. The summed E-state index contributed by atoms with van der Waals surface area (Å²) in [6.07, 6.45) is 0.604. The largest absolute Gasteiger partial charge is 0.748 e. The van der Waals surface area contributed by atoms with Crippen molar-refractivity contribution in [2.45, 2.75) is 0 Å². The number of carbonyl (C=O) groups excluding carboxylic acids is 1. The van der Waals surface area contributed by atoms with E-state index in [0.717, 1.165) is 0 Å². The van der Waals surface area contributed by atoms with Crippen molar-refractivity contribution in [1.82, 2.24) is 0 Å². The van der Waals surface area contributed by atoms with Crippen LogP contribution in [0.3, 0.4) is 0 Å². The summed E-state index contributed by atoms with van der Waals surface area (Å²) in [7, 11) is -3.92. The molecule has 0 atom stereocenters. The summed E-state index contributed by atoms with van der Waals surface area (Å²) < 4.78 is 27.2. The van der Waals surface area contributed by atoms with E-state index in [1.807, 2.05) is 0 Å². The van der Waals surface area contributed by atoms with Crippen molar-refractivity contribution in [3.8, 4) is 0 Å². The van der Waals surface area contributed by atoms with Crippen LogP contribution in [0, 0.1) is 0 Å². The standard InChI is InChI=1S/C7H6ClNO.CH4O3S/c8-7(10)5-1-3-6(9)4-2-5;1-5(2,3)4/h1-4H,9H2;1H3,(H,2,3,4)/p-1. The topological polar surface area (TPSA) is 100 Å². The van der Waals surface area contributed by atoms with Crippen LogP contribution in [0.5, 0.6) is 0 Å². The molecule has 0 fully saturated rings. The van der Waals surface area contributed by atoms with E-state index in [1.165, 1.54) is 0 Å². The third-order valence-corrected chi connectivity index (χ3v) is 1.36. The first-order valence-electron chi connectivity index (χ1n) is 3.66. The summed E-state index contributed by atoms with van der Waals surface area (Å²) in [6.45, 7) is 0. The minimum absolute atomic E-state index is 0.458. The second-order valence-corrected chi connectivity index (χ2v) is 4.35. The van der Waals surface area contributed by atoms with Gasteiger partial charge in [-0.15, -0.1) is 0 Å². The van der Waals surface area contributed by atoms with Crippen LogP contribution < -0.4 is 5.73 Å². The zero-order valence-electron chi connectivity index (χ0n) is 7.81.